The number of aromatic nitrogens is 2. The Kier molecular flexibility index (Phi) is 4.70. The fourth-order valence-electron chi connectivity index (χ4n) is 3.11. The van der Waals surface area contributed by atoms with Gasteiger partial charge in [0.25, 0.3) is 5.56 Å². The summed E-state index contributed by atoms with van der Waals surface area (Å²) in [6.45, 7) is 3.05. The van der Waals surface area contributed by atoms with Gasteiger partial charge in [0.1, 0.15) is 5.02 Å². The maximum absolute atomic E-state index is 11.5. The van der Waals surface area contributed by atoms with Crippen LogP contribution in [0.1, 0.15) is 32.6 Å². The third-order valence-corrected chi connectivity index (χ3v) is 4.75. The Balaban J connectivity index is 2.13. The summed E-state index contributed by atoms with van der Waals surface area (Å²) in [4.78, 5) is 20.4. The van der Waals surface area contributed by atoms with Crippen LogP contribution in [0, 0.1) is 5.92 Å². The largest absolute Gasteiger partial charge is 0.367 e. The summed E-state index contributed by atoms with van der Waals surface area (Å²) in [6.07, 6.45) is 6.20. The predicted molar refractivity (Wildman–Crippen MR) is 82.4 cm³/mol. The van der Waals surface area contributed by atoms with Crippen LogP contribution in [-0.2, 0) is 0 Å². The van der Waals surface area contributed by atoms with Crippen LogP contribution in [0.2, 0.25) is 5.02 Å². The average Bonchev–Trinajstić information content (AvgIpc) is 2.40. The van der Waals surface area contributed by atoms with E-state index in [2.05, 4.69) is 41.2 Å². The van der Waals surface area contributed by atoms with E-state index in [-0.39, 0.29) is 16.1 Å². The Morgan fingerprint density at radius 3 is 3.00 bits per heavy atom. The zero-order valence-corrected chi connectivity index (χ0v) is 13.1. The second kappa shape index (κ2) is 6.14. The smallest absolute Gasteiger partial charge is 0.271 e. The van der Waals surface area contributed by atoms with Crippen molar-refractivity contribution < 1.29 is 0 Å². The Morgan fingerprint density at radius 2 is 2.35 bits per heavy atom. The minimum atomic E-state index is -0.305. The molecule has 0 saturated heterocycles. The summed E-state index contributed by atoms with van der Waals surface area (Å²) in [5, 5.41) is 3.39. The first kappa shape index (κ1) is 15.3. The molecule has 1 heterocycles. The highest BCUT2D eigenvalue weighted by atomic mass is 35.5. The Morgan fingerprint density at radius 1 is 1.60 bits per heavy atom. The average molecular weight is 299 g/mol. The molecule has 0 aromatic carbocycles. The van der Waals surface area contributed by atoms with E-state index in [0.717, 1.165) is 25.3 Å². The lowest BCUT2D eigenvalue weighted by Crippen LogP contribution is -2.52. The number of aromatic amines is 1. The summed E-state index contributed by atoms with van der Waals surface area (Å²) in [5.74, 6) is 1.19. The number of rotatable bonds is 4. The van der Waals surface area contributed by atoms with Gasteiger partial charge in [0.15, 0.2) is 5.82 Å². The molecule has 2 rings (SSSR count). The van der Waals surface area contributed by atoms with E-state index < -0.39 is 0 Å². The van der Waals surface area contributed by atoms with Gasteiger partial charge in [-0.2, -0.15) is 0 Å². The summed E-state index contributed by atoms with van der Waals surface area (Å²) in [5.41, 5.74) is -0.203. The van der Waals surface area contributed by atoms with Crippen LogP contribution < -0.4 is 10.9 Å². The molecule has 1 aromatic rings. The number of halogens is 1. The highest BCUT2D eigenvalue weighted by molar-refractivity contribution is 6.32. The van der Waals surface area contributed by atoms with Gasteiger partial charge in [-0.3, -0.25) is 4.79 Å². The van der Waals surface area contributed by atoms with Crippen molar-refractivity contribution in [1.82, 2.24) is 14.9 Å². The number of likely N-dealkylation sites (N-methyl/N-ethyl adjacent to an activating group) is 1. The van der Waals surface area contributed by atoms with Crippen LogP contribution in [0.5, 0.6) is 0 Å². The van der Waals surface area contributed by atoms with Crippen molar-refractivity contribution in [2.45, 2.75) is 38.1 Å². The molecule has 0 spiro atoms. The topological polar surface area (TPSA) is 61.0 Å². The fourth-order valence-corrected chi connectivity index (χ4v) is 3.28. The Labute approximate surface area is 124 Å². The lowest BCUT2D eigenvalue weighted by atomic mass is 9.75. The number of H-pyrrole nitrogens is 1. The number of nitrogens with zero attached hydrogens (tertiary/aromatic N) is 2. The zero-order chi connectivity index (χ0) is 14.8. The molecule has 1 saturated carbocycles. The molecule has 2 atom stereocenters. The summed E-state index contributed by atoms with van der Waals surface area (Å²) in [7, 11) is 4.24. The van der Waals surface area contributed by atoms with E-state index in [1.54, 1.807) is 0 Å². The van der Waals surface area contributed by atoms with Gasteiger partial charge in [0, 0.05) is 12.1 Å². The molecule has 2 N–H and O–H groups in total. The molecule has 0 amide bonds. The van der Waals surface area contributed by atoms with Crippen molar-refractivity contribution in [2.24, 2.45) is 5.92 Å². The fraction of sp³-hybridized carbons (Fsp3) is 0.714. The highest BCUT2D eigenvalue weighted by Crippen LogP contribution is 2.35. The van der Waals surface area contributed by atoms with E-state index in [9.17, 15) is 4.79 Å². The standard InChI is InChI=1S/C14H23ClN4O/c1-10-5-4-6-14(7-10,19(2)3)8-16-12-11(15)13(20)18-9-17-12/h9-10H,4-8H2,1-3H3,(H2,16,17,18,20). The predicted octanol–water partition coefficient (Wildman–Crippen LogP) is 2.35. The van der Waals surface area contributed by atoms with E-state index in [4.69, 9.17) is 11.6 Å². The first-order valence-electron chi connectivity index (χ1n) is 7.09. The molecule has 2 unspecified atom stereocenters. The van der Waals surface area contributed by atoms with Crippen molar-refractivity contribution in [1.29, 1.82) is 0 Å². The summed E-state index contributed by atoms with van der Waals surface area (Å²) >= 11 is 5.98. The van der Waals surface area contributed by atoms with Crippen molar-refractivity contribution in [3.05, 3.63) is 21.7 Å². The maximum atomic E-state index is 11.5. The van der Waals surface area contributed by atoms with Gasteiger partial charge < -0.3 is 15.2 Å². The van der Waals surface area contributed by atoms with Gasteiger partial charge in [-0.1, -0.05) is 31.4 Å². The molecular weight excluding hydrogens is 276 g/mol. The lowest BCUT2D eigenvalue weighted by molar-refractivity contribution is 0.0881. The molecule has 0 bridgehead atoms. The van der Waals surface area contributed by atoms with E-state index >= 15 is 0 Å². The van der Waals surface area contributed by atoms with Crippen LogP contribution >= 0.6 is 11.6 Å². The van der Waals surface area contributed by atoms with Crippen molar-refractivity contribution in [3.8, 4) is 0 Å². The van der Waals surface area contributed by atoms with Crippen molar-refractivity contribution in [3.63, 3.8) is 0 Å². The van der Waals surface area contributed by atoms with Gasteiger partial charge >= 0.3 is 0 Å². The van der Waals surface area contributed by atoms with Crippen LogP contribution in [0.4, 0.5) is 5.82 Å². The molecule has 1 aliphatic carbocycles. The molecule has 1 aliphatic rings. The number of hydrogen-bond acceptors (Lipinski definition) is 4. The van der Waals surface area contributed by atoms with E-state index in [0.29, 0.717) is 5.82 Å². The normalized spacial score (nSPS) is 26.8. The monoisotopic (exact) mass is 298 g/mol. The first-order chi connectivity index (χ1) is 9.44. The molecule has 112 valence electrons. The van der Waals surface area contributed by atoms with Gasteiger partial charge in [-0.15, -0.1) is 0 Å². The van der Waals surface area contributed by atoms with Gasteiger partial charge in [-0.05, 0) is 32.9 Å². The van der Waals surface area contributed by atoms with Crippen LogP contribution in [0.15, 0.2) is 11.1 Å². The number of nitrogens with one attached hydrogen (secondary N) is 2. The Hall–Kier alpha value is -1.07. The SMILES string of the molecule is CC1CCCC(CNc2nc[nH]c(=O)c2Cl)(N(C)C)C1. The second-order valence-electron chi connectivity index (χ2n) is 6.07. The molecule has 0 aliphatic heterocycles. The minimum absolute atomic E-state index is 0.102. The molecule has 1 aromatic heterocycles. The molecule has 20 heavy (non-hydrogen) atoms. The van der Waals surface area contributed by atoms with Crippen molar-refractivity contribution >= 4 is 17.4 Å². The van der Waals surface area contributed by atoms with Crippen LogP contribution in [-0.4, -0.2) is 41.0 Å². The van der Waals surface area contributed by atoms with Gasteiger partial charge in [0.05, 0.1) is 6.33 Å². The first-order valence-corrected chi connectivity index (χ1v) is 7.47. The molecule has 1 fully saturated rings. The van der Waals surface area contributed by atoms with Crippen LogP contribution in [0.3, 0.4) is 0 Å². The molecule has 0 radical (unpaired) electrons. The zero-order valence-electron chi connectivity index (χ0n) is 12.4. The second-order valence-corrected chi connectivity index (χ2v) is 6.45. The minimum Gasteiger partial charge on any atom is -0.367 e. The molecule has 6 heteroatoms. The maximum Gasteiger partial charge on any atom is 0.271 e. The van der Waals surface area contributed by atoms with Gasteiger partial charge in [-0.25, -0.2) is 4.98 Å². The van der Waals surface area contributed by atoms with E-state index in [1.165, 1.54) is 19.2 Å². The molecular formula is C14H23ClN4O. The highest BCUT2D eigenvalue weighted by Gasteiger charge is 2.36. The van der Waals surface area contributed by atoms with Crippen molar-refractivity contribution in [2.75, 3.05) is 26.0 Å². The molecule has 5 nitrogen and oxygen atoms in total. The summed E-state index contributed by atoms with van der Waals surface area (Å²) < 4.78 is 0. The van der Waals surface area contributed by atoms with Gasteiger partial charge in [0.2, 0.25) is 0 Å². The number of anilines is 1. The third-order valence-electron chi connectivity index (χ3n) is 4.40. The van der Waals surface area contributed by atoms with E-state index in [1.807, 2.05) is 0 Å². The summed E-state index contributed by atoms with van der Waals surface area (Å²) in [6, 6.07) is 0. The van der Waals surface area contributed by atoms with Crippen LogP contribution in [0.25, 0.3) is 0 Å². The quantitative estimate of drug-likeness (QED) is 0.896. The Bertz CT molecular complexity index is 516. The third kappa shape index (κ3) is 3.15. The lowest BCUT2D eigenvalue weighted by Gasteiger charge is -2.45. The number of hydrogen-bond donors (Lipinski definition) is 2.